The minimum Gasteiger partial charge on any atom is -0.497 e. The number of nitrogens with one attached hydrogen (secondary N) is 1. The van der Waals surface area contributed by atoms with Crippen LogP contribution in [0.4, 0.5) is 5.88 Å². The smallest absolute Gasteiger partial charge is 0.338 e. The standard InChI is InChI=1S/C35H28N2O6/c1-40-27-16-12-24(13-17-27)32-30(21-36)34(43-33(32)25-14-18-28(41-2)19-15-25)37-31(38)22-42-35(39)29-11-7-6-10-26(29)20-23-8-4-3-5-9-23/h3-19H,20,22H2,1-2H3,(H,37,38). The molecule has 4 aromatic carbocycles. The van der Waals surface area contributed by atoms with Crippen LogP contribution in [0.2, 0.25) is 0 Å². The lowest BCUT2D eigenvalue weighted by Gasteiger charge is -2.10. The molecule has 1 amide bonds. The van der Waals surface area contributed by atoms with Crippen LogP contribution in [0, 0.1) is 11.3 Å². The normalized spacial score (nSPS) is 10.4. The van der Waals surface area contributed by atoms with Gasteiger partial charge in [-0.05, 0) is 65.6 Å². The number of anilines is 1. The summed E-state index contributed by atoms with van der Waals surface area (Å²) in [5.74, 6) is 0.359. The number of ether oxygens (including phenoxy) is 3. The molecule has 214 valence electrons. The van der Waals surface area contributed by atoms with Gasteiger partial charge in [-0.3, -0.25) is 10.1 Å². The first-order valence-corrected chi connectivity index (χ1v) is 13.4. The van der Waals surface area contributed by atoms with Crippen LogP contribution in [-0.2, 0) is 16.0 Å². The van der Waals surface area contributed by atoms with Gasteiger partial charge in [-0.2, -0.15) is 5.26 Å². The summed E-state index contributed by atoms with van der Waals surface area (Å²) in [4.78, 5) is 25.9. The summed E-state index contributed by atoms with van der Waals surface area (Å²) in [5, 5.41) is 12.8. The number of carbonyl (C=O) groups is 2. The molecule has 0 spiro atoms. The lowest BCUT2D eigenvalue weighted by Crippen LogP contribution is -2.21. The van der Waals surface area contributed by atoms with E-state index in [2.05, 4.69) is 11.4 Å². The topological polar surface area (TPSA) is 111 Å². The van der Waals surface area contributed by atoms with Crippen molar-refractivity contribution in [2.75, 3.05) is 26.1 Å². The number of methoxy groups -OCH3 is 2. The highest BCUT2D eigenvalue weighted by Gasteiger charge is 2.25. The first-order valence-electron chi connectivity index (χ1n) is 13.4. The molecule has 0 saturated carbocycles. The minimum atomic E-state index is -0.651. The highest BCUT2D eigenvalue weighted by Crippen LogP contribution is 2.42. The van der Waals surface area contributed by atoms with E-state index in [9.17, 15) is 14.9 Å². The maximum Gasteiger partial charge on any atom is 0.338 e. The zero-order valence-electron chi connectivity index (χ0n) is 23.6. The molecule has 0 unspecified atom stereocenters. The zero-order chi connectivity index (χ0) is 30.2. The van der Waals surface area contributed by atoms with Crippen molar-refractivity contribution in [2.45, 2.75) is 6.42 Å². The molecule has 0 atom stereocenters. The van der Waals surface area contributed by atoms with Crippen molar-refractivity contribution in [1.29, 1.82) is 5.26 Å². The average Bonchev–Trinajstić information content (AvgIpc) is 3.42. The predicted molar refractivity (Wildman–Crippen MR) is 162 cm³/mol. The molecule has 0 aliphatic heterocycles. The van der Waals surface area contributed by atoms with Crippen LogP contribution in [0.1, 0.15) is 27.0 Å². The third-order valence-electron chi connectivity index (χ3n) is 6.81. The van der Waals surface area contributed by atoms with Gasteiger partial charge in [-0.25, -0.2) is 4.79 Å². The van der Waals surface area contributed by atoms with Crippen LogP contribution in [0.3, 0.4) is 0 Å². The Hall–Kier alpha value is -5.81. The summed E-state index contributed by atoms with van der Waals surface area (Å²) in [5.41, 5.74) is 4.19. The molecular formula is C35H28N2O6. The van der Waals surface area contributed by atoms with Gasteiger partial charge in [0, 0.05) is 11.1 Å². The molecule has 5 aromatic rings. The van der Waals surface area contributed by atoms with Crippen molar-refractivity contribution in [3.63, 3.8) is 0 Å². The molecule has 1 aromatic heterocycles. The molecule has 0 bridgehead atoms. The van der Waals surface area contributed by atoms with Gasteiger partial charge in [0.1, 0.15) is 28.9 Å². The van der Waals surface area contributed by atoms with E-state index in [4.69, 9.17) is 18.6 Å². The second kappa shape index (κ2) is 13.2. The fraction of sp³-hybridized carbons (Fsp3) is 0.114. The molecule has 0 saturated heterocycles. The van der Waals surface area contributed by atoms with Gasteiger partial charge < -0.3 is 18.6 Å². The summed E-state index contributed by atoms with van der Waals surface area (Å²) in [6.07, 6.45) is 0.540. The lowest BCUT2D eigenvalue weighted by atomic mass is 9.98. The molecule has 43 heavy (non-hydrogen) atoms. The fourth-order valence-corrected chi connectivity index (χ4v) is 4.67. The van der Waals surface area contributed by atoms with Crippen LogP contribution in [0.25, 0.3) is 22.5 Å². The monoisotopic (exact) mass is 572 g/mol. The maximum atomic E-state index is 13.0. The van der Waals surface area contributed by atoms with Gasteiger partial charge >= 0.3 is 5.97 Å². The second-order valence-electron chi connectivity index (χ2n) is 9.52. The van der Waals surface area contributed by atoms with Crippen LogP contribution in [-0.4, -0.2) is 32.7 Å². The Labute approximate surface area is 249 Å². The first-order chi connectivity index (χ1) is 21.0. The minimum absolute atomic E-state index is 0.0512. The molecule has 8 nitrogen and oxygen atoms in total. The number of furan rings is 1. The van der Waals surface area contributed by atoms with Gasteiger partial charge in [-0.15, -0.1) is 0 Å². The number of nitriles is 1. The van der Waals surface area contributed by atoms with E-state index in [0.717, 1.165) is 11.1 Å². The fourth-order valence-electron chi connectivity index (χ4n) is 4.67. The Morgan fingerprint density at radius 1 is 0.791 bits per heavy atom. The third kappa shape index (κ3) is 6.58. The largest absolute Gasteiger partial charge is 0.497 e. The highest BCUT2D eigenvalue weighted by molar-refractivity contribution is 5.98. The number of hydrogen-bond acceptors (Lipinski definition) is 7. The number of hydrogen-bond donors (Lipinski definition) is 1. The predicted octanol–water partition coefficient (Wildman–Crippen LogP) is 6.89. The summed E-state index contributed by atoms with van der Waals surface area (Å²) in [6, 6.07) is 33.3. The molecular weight excluding hydrogens is 544 g/mol. The Morgan fingerprint density at radius 2 is 1.40 bits per heavy atom. The number of amides is 1. The van der Waals surface area contributed by atoms with Crippen LogP contribution in [0.5, 0.6) is 11.5 Å². The number of benzene rings is 4. The molecule has 1 N–H and O–H groups in total. The maximum absolute atomic E-state index is 13.0. The molecule has 0 radical (unpaired) electrons. The lowest BCUT2D eigenvalue weighted by molar-refractivity contribution is -0.119. The van der Waals surface area contributed by atoms with E-state index < -0.39 is 18.5 Å². The van der Waals surface area contributed by atoms with E-state index in [1.807, 2.05) is 42.5 Å². The number of rotatable bonds is 10. The molecule has 8 heteroatoms. The van der Waals surface area contributed by atoms with Crippen LogP contribution >= 0.6 is 0 Å². The summed E-state index contributed by atoms with van der Waals surface area (Å²) < 4.78 is 22.0. The number of nitrogens with zero attached hydrogens (tertiary/aromatic N) is 1. The SMILES string of the molecule is COc1ccc(-c2oc(NC(=O)COC(=O)c3ccccc3Cc3ccccc3)c(C#N)c2-c2ccc(OC)cc2)cc1. The van der Waals surface area contributed by atoms with Crippen molar-refractivity contribution >= 4 is 17.8 Å². The van der Waals surface area contributed by atoms with Gasteiger partial charge in [-0.1, -0.05) is 60.7 Å². The van der Waals surface area contributed by atoms with Gasteiger partial charge in [0.25, 0.3) is 5.91 Å². The number of esters is 1. The van der Waals surface area contributed by atoms with Crippen LogP contribution in [0.15, 0.2) is 108 Å². The molecule has 0 fully saturated rings. The van der Waals surface area contributed by atoms with Crippen molar-refractivity contribution < 1.29 is 28.2 Å². The van der Waals surface area contributed by atoms with Gasteiger partial charge in [0.15, 0.2) is 6.61 Å². The van der Waals surface area contributed by atoms with Crippen molar-refractivity contribution in [2.24, 2.45) is 0 Å². The second-order valence-corrected chi connectivity index (χ2v) is 9.52. The third-order valence-corrected chi connectivity index (χ3v) is 6.81. The first kappa shape index (κ1) is 28.7. The highest BCUT2D eigenvalue weighted by atomic mass is 16.5. The van der Waals surface area contributed by atoms with Crippen molar-refractivity contribution in [1.82, 2.24) is 0 Å². The molecule has 5 rings (SSSR count). The van der Waals surface area contributed by atoms with Crippen LogP contribution < -0.4 is 14.8 Å². The van der Waals surface area contributed by atoms with Gasteiger partial charge in [0.05, 0.1) is 19.8 Å². The van der Waals surface area contributed by atoms with E-state index >= 15 is 0 Å². The molecule has 0 aliphatic rings. The Morgan fingerprint density at radius 3 is 2.02 bits per heavy atom. The quantitative estimate of drug-likeness (QED) is 0.181. The molecule has 0 aliphatic carbocycles. The Kier molecular flexibility index (Phi) is 8.84. The van der Waals surface area contributed by atoms with E-state index in [1.54, 1.807) is 74.9 Å². The van der Waals surface area contributed by atoms with Crippen molar-refractivity contribution in [3.8, 4) is 40.0 Å². The van der Waals surface area contributed by atoms with Gasteiger partial charge in [0.2, 0.25) is 5.88 Å². The summed E-state index contributed by atoms with van der Waals surface area (Å²) >= 11 is 0. The van der Waals surface area contributed by atoms with Crippen molar-refractivity contribution in [3.05, 3.63) is 125 Å². The number of carbonyl (C=O) groups excluding carboxylic acids is 2. The Bertz CT molecular complexity index is 1770. The summed E-state index contributed by atoms with van der Waals surface area (Å²) in [6.45, 7) is -0.570. The molecule has 1 heterocycles. The summed E-state index contributed by atoms with van der Waals surface area (Å²) in [7, 11) is 3.14. The zero-order valence-corrected chi connectivity index (χ0v) is 23.6. The average molecular weight is 573 g/mol. The Balaban J connectivity index is 1.38. The van der Waals surface area contributed by atoms with E-state index in [1.165, 1.54) is 0 Å². The van der Waals surface area contributed by atoms with E-state index in [-0.39, 0.29) is 11.4 Å². The van der Waals surface area contributed by atoms with E-state index in [0.29, 0.717) is 45.9 Å².